The molecular weight excluding hydrogens is 703 g/mol. The first kappa shape index (κ1) is 35.4. The molecule has 278 valence electrons. The van der Waals surface area contributed by atoms with Gasteiger partial charge in [-0.3, -0.25) is 0 Å². The van der Waals surface area contributed by atoms with Crippen LogP contribution in [0.1, 0.15) is 43.2 Å². The van der Waals surface area contributed by atoms with Gasteiger partial charge < -0.3 is 0 Å². The highest BCUT2D eigenvalue weighted by Crippen LogP contribution is 2.46. The van der Waals surface area contributed by atoms with Gasteiger partial charge in [-0.15, -0.1) is 0 Å². The highest BCUT2D eigenvalue weighted by atomic mass is 15.0. The number of nitrogens with zero attached hydrogens (tertiary/aromatic N) is 3. The van der Waals surface area contributed by atoms with Crippen molar-refractivity contribution in [2.24, 2.45) is 0 Å². The number of benzene rings is 8. The molecule has 0 bridgehead atoms. The first-order valence-electron chi connectivity index (χ1n) is 20.5. The predicted octanol–water partition coefficient (Wildman–Crippen LogP) is 14.3. The molecule has 0 radical (unpaired) electrons. The van der Waals surface area contributed by atoms with Gasteiger partial charge in [-0.25, -0.2) is 15.0 Å². The summed E-state index contributed by atoms with van der Waals surface area (Å²) in [6, 6.07) is 71.8. The molecule has 1 aromatic heterocycles. The number of fused-ring (bicyclic) bond motifs is 1. The van der Waals surface area contributed by atoms with E-state index in [-0.39, 0.29) is 5.41 Å². The van der Waals surface area contributed by atoms with Crippen LogP contribution in [0.5, 0.6) is 0 Å². The van der Waals surface area contributed by atoms with Crippen molar-refractivity contribution >= 4 is 10.8 Å². The Morgan fingerprint density at radius 2 is 0.724 bits per heavy atom. The third kappa shape index (κ3) is 6.90. The first-order chi connectivity index (χ1) is 28.7. The zero-order valence-electron chi connectivity index (χ0n) is 32.4. The lowest BCUT2D eigenvalue weighted by Gasteiger charge is -2.39. The summed E-state index contributed by atoms with van der Waals surface area (Å²) in [7, 11) is 0. The normalized spacial score (nSPS) is 13.7. The minimum atomic E-state index is -0.0416. The van der Waals surface area contributed by atoms with Crippen LogP contribution in [0.25, 0.3) is 78.3 Å². The molecule has 0 atom stereocenters. The number of hydrogen-bond acceptors (Lipinski definition) is 3. The summed E-state index contributed by atoms with van der Waals surface area (Å²) in [5, 5.41) is 2.55. The standard InChI is InChI=1S/C55H43N3/c1-4-14-39(15-5-1)40-24-26-44(27-25-40)53-56-52(43-17-6-2-7-18-43)57-54(58-53)45-30-34-49(35-31-45)55(36-10-3-11-37-55)48-32-28-41(29-33-48)46-20-12-21-47(38-46)51-23-13-19-42-16-8-9-22-50(42)51/h1-2,4-9,12-35,38H,3,10-11,36-37H2. The Balaban J connectivity index is 0.970. The predicted molar refractivity (Wildman–Crippen MR) is 240 cm³/mol. The van der Waals surface area contributed by atoms with E-state index in [1.807, 2.05) is 24.3 Å². The average molecular weight is 746 g/mol. The minimum Gasteiger partial charge on any atom is -0.208 e. The number of hydrogen-bond donors (Lipinski definition) is 0. The molecule has 1 heterocycles. The lowest BCUT2D eigenvalue weighted by Crippen LogP contribution is -2.30. The van der Waals surface area contributed by atoms with Gasteiger partial charge in [0.15, 0.2) is 17.5 Å². The summed E-state index contributed by atoms with van der Waals surface area (Å²) in [6.45, 7) is 0. The molecule has 0 unspecified atom stereocenters. The molecule has 0 spiro atoms. The second-order valence-corrected chi connectivity index (χ2v) is 15.5. The molecule has 1 aliphatic rings. The first-order valence-corrected chi connectivity index (χ1v) is 20.5. The lowest BCUT2D eigenvalue weighted by atomic mass is 9.65. The van der Waals surface area contributed by atoms with E-state index >= 15 is 0 Å². The largest absolute Gasteiger partial charge is 0.208 e. The molecule has 1 fully saturated rings. The summed E-state index contributed by atoms with van der Waals surface area (Å²) >= 11 is 0. The van der Waals surface area contributed by atoms with E-state index in [4.69, 9.17) is 15.0 Å². The number of aromatic nitrogens is 3. The second kappa shape index (κ2) is 15.5. The third-order valence-electron chi connectivity index (χ3n) is 12.1. The summed E-state index contributed by atoms with van der Waals surface area (Å²) in [5.74, 6) is 2.01. The van der Waals surface area contributed by atoms with Crippen molar-refractivity contribution in [2.45, 2.75) is 37.5 Å². The van der Waals surface area contributed by atoms with Gasteiger partial charge in [0, 0.05) is 22.1 Å². The SMILES string of the molecule is c1ccc(-c2ccc(-c3nc(-c4ccccc4)nc(-c4ccc(C5(c6ccc(-c7cccc(-c8cccc9ccccc89)c7)cc6)CCCCC5)cc4)n3)cc2)cc1. The molecule has 8 aromatic carbocycles. The van der Waals surface area contributed by atoms with Crippen LogP contribution in [0.4, 0.5) is 0 Å². The maximum atomic E-state index is 5.08. The fourth-order valence-corrected chi connectivity index (χ4v) is 8.96. The van der Waals surface area contributed by atoms with Crippen molar-refractivity contribution in [1.29, 1.82) is 0 Å². The van der Waals surface area contributed by atoms with Gasteiger partial charge in [-0.1, -0.05) is 213 Å². The Bertz CT molecular complexity index is 2820. The van der Waals surface area contributed by atoms with Gasteiger partial charge in [-0.05, 0) is 74.2 Å². The maximum Gasteiger partial charge on any atom is 0.164 e. The third-order valence-corrected chi connectivity index (χ3v) is 12.1. The van der Waals surface area contributed by atoms with Gasteiger partial charge in [0.05, 0.1) is 0 Å². The van der Waals surface area contributed by atoms with Gasteiger partial charge in [0.25, 0.3) is 0 Å². The zero-order chi connectivity index (χ0) is 38.7. The lowest BCUT2D eigenvalue weighted by molar-refractivity contribution is 0.346. The highest BCUT2D eigenvalue weighted by molar-refractivity contribution is 5.97. The van der Waals surface area contributed by atoms with Crippen LogP contribution in [0.15, 0.2) is 200 Å². The van der Waals surface area contributed by atoms with Crippen LogP contribution in [0.2, 0.25) is 0 Å². The second-order valence-electron chi connectivity index (χ2n) is 15.5. The van der Waals surface area contributed by atoms with E-state index in [0.29, 0.717) is 17.5 Å². The van der Waals surface area contributed by atoms with E-state index in [1.54, 1.807) is 0 Å². The monoisotopic (exact) mass is 745 g/mol. The van der Waals surface area contributed by atoms with Crippen LogP contribution in [-0.2, 0) is 5.41 Å². The van der Waals surface area contributed by atoms with Crippen LogP contribution in [0.3, 0.4) is 0 Å². The summed E-state index contributed by atoms with van der Waals surface area (Å²) in [5.41, 5.74) is 12.9. The molecule has 1 aliphatic carbocycles. The van der Waals surface area contributed by atoms with Crippen LogP contribution in [-0.4, -0.2) is 15.0 Å². The Morgan fingerprint density at radius 3 is 1.36 bits per heavy atom. The smallest absolute Gasteiger partial charge is 0.164 e. The van der Waals surface area contributed by atoms with Crippen LogP contribution < -0.4 is 0 Å². The van der Waals surface area contributed by atoms with Crippen molar-refractivity contribution in [2.75, 3.05) is 0 Å². The topological polar surface area (TPSA) is 38.7 Å². The van der Waals surface area contributed by atoms with Crippen molar-refractivity contribution < 1.29 is 0 Å². The molecule has 3 heteroatoms. The Hall–Kier alpha value is -6.97. The fourth-order valence-electron chi connectivity index (χ4n) is 8.96. The Kier molecular flexibility index (Phi) is 9.48. The van der Waals surface area contributed by atoms with Crippen molar-refractivity contribution in [1.82, 2.24) is 15.0 Å². The van der Waals surface area contributed by atoms with E-state index in [9.17, 15) is 0 Å². The van der Waals surface area contributed by atoms with Crippen LogP contribution >= 0.6 is 0 Å². The molecule has 0 amide bonds. The minimum absolute atomic E-state index is 0.0416. The van der Waals surface area contributed by atoms with Gasteiger partial charge >= 0.3 is 0 Å². The van der Waals surface area contributed by atoms with Gasteiger partial charge in [0.1, 0.15) is 0 Å². The molecule has 0 N–H and O–H groups in total. The molecule has 58 heavy (non-hydrogen) atoms. The average Bonchev–Trinajstić information content (AvgIpc) is 3.32. The highest BCUT2D eigenvalue weighted by Gasteiger charge is 2.35. The van der Waals surface area contributed by atoms with Crippen molar-refractivity contribution in [3.05, 3.63) is 211 Å². The summed E-state index contributed by atoms with van der Waals surface area (Å²) < 4.78 is 0. The van der Waals surface area contributed by atoms with E-state index in [0.717, 1.165) is 35.1 Å². The van der Waals surface area contributed by atoms with Gasteiger partial charge in [-0.2, -0.15) is 0 Å². The van der Waals surface area contributed by atoms with Crippen molar-refractivity contribution in [3.8, 4) is 67.5 Å². The molecule has 3 nitrogen and oxygen atoms in total. The Labute approximate surface area is 340 Å². The van der Waals surface area contributed by atoms with E-state index in [1.165, 1.54) is 69.0 Å². The molecular formula is C55H43N3. The number of rotatable bonds is 8. The fraction of sp³-hybridized carbons (Fsp3) is 0.109. The molecule has 9 aromatic rings. The van der Waals surface area contributed by atoms with Gasteiger partial charge in [0.2, 0.25) is 0 Å². The molecule has 0 aliphatic heterocycles. The molecule has 0 saturated heterocycles. The molecule has 10 rings (SSSR count). The van der Waals surface area contributed by atoms with Crippen LogP contribution in [0, 0.1) is 0 Å². The van der Waals surface area contributed by atoms with E-state index in [2.05, 4.69) is 176 Å². The summed E-state index contributed by atoms with van der Waals surface area (Å²) in [6.07, 6.45) is 5.99. The zero-order valence-corrected chi connectivity index (χ0v) is 32.4. The Morgan fingerprint density at radius 1 is 0.310 bits per heavy atom. The summed E-state index contributed by atoms with van der Waals surface area (Å²) in [4.78, 5) is 15.1. The molecule has 1 saturated carbocycles. The van der Waals surface area contributed by atoms with E-state index < -0.39 is 0 Å². The quantitative estimate of drug-likeness (QED) is 0.155. The maximum absolute atomic E-state index is 5.08. The van der Waals surface area contributed by atoms with Crippen molar-refractivity contribution in [3.63, 3.8) is 0 Å².